The van der Waals surface area contributed by atoms with E-state index < -0.39 is 38.1 Å². The van der Waals surface area contributed by atoms with Crippen LogP contribution in [0.5, 0.6) is 0 Å². The number of rotatable bonds is 7. The summed E-state index contributed by atoms with van der Waals surface area (Å²) in [7, 11) is -4.32. The monoisotopic (exact) mass is 438 g/mol. The van der Waals surface area contributed by atoms with Crippen molar-refractivity contribution in [3.05, 3.63) is 70.4 Å². The molecule has 1 aromatic heterocycles. The van der Waals surface area contributed by atoms with E-state index >= 15 is 0 Å². The highest BCUT2D eigenvalue weighted by atomic mass is 32.2. The number of nitrogens with zero attached hydrogens (tertiary/aromatic N) is 3. The van der Waals surface area contributed by atoms with Gasteiger partial charge in [-0.15, -0.1) is 5.10 Å². The van der Waals surface area contributed by atoms with Gasteiger partial charge in [0.15, 0.2) is 5.82 Å². The molecule has 30 heavy (non-hydrogen) atoms. The average molecular weight is 438 g/mol. The van der Waals surface area contributed by atoms with E-state index in [2.05, 4.69) is 9.82 Å². The number of hydrogen-bond donors (Lipinski definition) is 1. The van der Waals surface area contributed by atoms with E-state index in [0.717, 1.165) is 29.7 Å². The molecule has 0 spiro atoms. The summed E-state index contributed by atoms with van der Waals surface area (Å²) in [5, 5.41) is 4.27. The Bertz CT molecular complexity index is 1250. The van der Waals surface area contributed by atoms with E-state index in [0.29, 0.717) is 17.5 Å². The quantitative estimate of drug-likeness (QED) is 0.614. The molecule has 11 heteroatoms. The van der Waals surface area contributed by atoms with Crippen molar-refractivity contribution in [3.8, 4) is 11.4 Å². The number of halogens is 3. The van der Waals surface area contributed by atoms with Crippen LogP contribution in [-0.2, 0) is 16.6 Å². The first kappa shape index (κ1) is 20.4. The Morgan fingerprint density at radius 2 is 1.70 bits per heavy atom. The highest BCUT2D eigenvalue weighted by Crippen LogP contribution is 2.36. The molecule has 7 nitrogen and oxygen atoms in total. The minimum Gasteiger partial charge on any atom is -0.272 e. The van der Waals surface area contributed by atoms with Crippen LogP contribution in [-0.4, -0.2) is 29.3 Å². The molecule has 2 aromatic carbocycles. The lowest BCUT2D eigenvalue weighted by molar-refractivity contribution is 0.531. The first-order valence-corrected chi connectivity index (χ1v) is 10.6. The van der Waals surface area contributed by atoms with Crippen LogP contribution >= 0.6 is 0 Å². The number of aromatic nitrogens is 3. The molecular formula is C19H17F3N4O3S. The van der Waals surface area contributed by atoms with Crippen LogP contribution in [0.3, 0.4) is 0 Å². The van der Waals surface area contributed by atoms with Gasteiger partial charge in [0.1, 0.15) is 22.3 Å². The third-order valence-electron chi connectivity index (χ3n) is 4.68. The number of sulfonamides is 1. The molecule has 1 heterocycles. The number of hydrogen-bond acceptors (Lipinski definition) is 4. The Morgan fingerprint density at radius 3 is 2.37 bits per heavy atom. The predicted octanol–water partition coefficient (Wildman–Crippen LogP) is 2.44. The van der Waals surface area contributed by atoms with E-state index in [-0.39, 0.29) is 19.1 Å². The second-order valence-electron chi connectivity index (χ2n) is 6.91. The maximum Gasteiger partial charge on any atom is 0.346 e. The zero-order valence-electron chi connectivity index (χ0n) is 15.6. The van der Waals surface area contributed by atoms with Crippen LogP contribution in [0.25, 0.3) is 11.4 Å². The van der Waals surface area contributed by atoms with Crippen LogP contribution in [0.15, 0.2) is 52.2 Å². The first-order valence-electron chi connectivity index (χ1n) is 9.16. The molecule has 4 rings (SSSR count). The van der Waals surface area contributed by atoms with Gasteiger partial charge < -0.3 is 0 Å². The summed E-state index contributed by atoms with van der Waals surface area (Å²) in [5.41, 5.74) is 0.134. The highest BCUT2D eigenvalue weighted by Gasteiger charge is 2.30. The summed E-state index contributed by atoms with van der Waals surface area (Å²) in [4.78, 5) is 11.9. The van der Waals surface area contributed by atoms with Crippen molar-refractivity contribution >= 4 is 10.0 Å². The normalized spacial score (nSPS) is 14.2. The minimum atomic E-state index is -4.32. The van der Waals surface area contributed by atoms with Crippen LogP contribution in [0, 0.1) is 17.5 Å². The van der Waals surface area contributed by atoms with E-state index in [1.165, 1.54) is 28.8 Å². The molecule has 3 aromatic rings. The van der Waals surface area contributed by atoms with E-state index in [1.807, 2.05) is 0 Å². The van der Waals surface area contributed by atoms with Gasteiger partial charge in [0.25, 0.3) is 0 Å². The van der Waals surface area contributed by atoms with Crippen molar-refractivity contribution in [2.75, 3.05) is 6.54 Å². The van der Waals surface area contributed by atoms with Gasteiger partial charge in [0.2, 0.25) is 10.0 Å². The molecule has 0 atom stereocenters. The summed E-state index contributed by atoms with van der Waals surface area (Å²) >= 11 is 0. The van der Waals surface area contributed by atoms with Gasteiger partial charge in [0.05, 0.1) is 6.54 Å². The molecule has 0 amide bonds. The SMILES string of the molecule is O=c1n(CCNS(=O)(=O)c2cc(F)ccc2F)nc(-c2ccc(F)cc2)n1C1CC1. The molecule has 0 saturated heterocycles. The van der Waals surface area contributed by atoms with E-state index in [1.54, 1.807) is 0 Å². The molecule has 1 aliphatic rings. The largest absolute Gasteiger partial charge is 0.346 e. The second kappa shape index (κ2) is 7.73. The summed E-state index contributed by atoms with van der Waals surface area (Å²) in [6.45, 7) is -0.383. The Kier molecular flexibility index (Phi) is 5.24. The fraction of sp³-hybridized carbons (Fsp3) is 0.263. The minimum absolute atomic E-state index is 0.00983. The topological polar surface area (TPSA) is 86.0 Å². The van der Waals surface area contributed by atoms with Gasteiger partial charge >= 0.3 is 5.69 Å². The standard InChI is InChI=1S/C19H17F3N4O3S/c20-13-3-1-12(2-4-13)18-24-25(19(27)26(18)15-6-7-15)10-9-23-30(28,29)17-11-14(21)5-8-16(17)22/h1-5,8,11,15,23H,6-7,9-10H2. The lowest BCUT2D eigenvalue weighted by Crippen LogP contribution is -2.32. The van der Waals surface area contributed by atoms with Gasteiger partial charge in [-0.25, -0.2) is 35.8 Å². The van der Waals surface area contributed by atoms with Crippen molar-refractivity contribution < 1.29 is 21.6 Å². The molecule has 1 fully saturated rings. The van der Waals surface area contributed by atoms with Crippen LogP contribution in [0.2, 0.25) is 0 Å². The molecular weight excluding hydrogens is 421 g/mol. The predicted molar refractivity (Wildman–Crippen MR) is 102 cm³/mol. The average Bonchev–Trinajstić information content (AvgIpc) is 3.48. The lowest BCUT2D eigenvalue weighted by Gasteiger charge is -2.07. The Morgan fingerprint density at radius 1 is 1.03 bits per heavy atom. The van der Waals surface area contributed by atoms with Crippen molar-refractivity contribution in [2.24, 2.45) is 0 Å². The zero-order chi connectivity index (χ0) is 21.5. The molecule has 1 aliphatic carbocycles. The van der Waals surface area contributed by atoms with Crippen LogP contribution < -0.4 is 10.4 Å². The molecule has 0 radical (unpaired) electrons. The zero-order valence-corrected chi connectivity index (χ0v) is 16.4. The molecule has 1 saturated carbocycles. The molecule has 0 unspecified atom stereocenters. The number of benzene rings is 2. The molecule has 0 aliphatic heterocycles. The second-order valence-corrected chi connectivity index (χ2v) is 8.65. The molecule has 0 bridgehead atoms. The third kappa shape index (κ3) is 4.03. The third-order valence-corrected chi connectivity index (χ3v) is 6.16. The summed E-state index contributed by atoms with van der Waals surface area (Å²) in [6, 6.07) is 7.65. The maximum atomic E-state index is 13.8. The first-order chi connectivity index (χ1) is 14.3. The Balaban J connectivity index is 1.55. The van der Waals surface area contributed by atoms with E-state index in [4.69, 9.17) is 0 Å². The highest BCUT2D eigenvalue weighted by molar-refractivity contribution is 7.89. The fourth-order valence-electron chi connectivity index (χ4n) is 3.07. The molecule has 158 valence electrons. The van der Waals surface area contributed by atoms with Gasteiger partial charge in [-0.3, -0.25) is 4.57 Å². The summed E-state index contributed by atoms with van der Waals surface area (Å²) in [5.74, 6) is -2.03. The lowest BCUT2D eigenvalue weighted by atomic mass is 10.2. The number of nitrogens with one attached hydrogen (secondary N) is 1. The fourth-order valence-corrected chi connectivity index (χ4v) is 4.18. The van der Waals surface area contributed by atoms with Crippen molar-refractivity contribution in [1.29, 1.82) is 0 Å². The van der Waals surface area contributed by atoms with Crippen molar-refractivity contribution in [3.63, 3.8) is 0 Å². The van der Waals surface area contributed by atoms with Gasteiger partial charge in [0, 0.05) is 18.2 Å². The maximum absolute atomic E-state index is 13.8. The van der Waals surface area contributed by atoms with Crippen LogP contribution in [0.4, 0.5) is 13.2 Å². The van der Waals surface area contributed by atoms with Gasteiger partial charge in [-0.05, 0) is 55.3 Å². The van der Waals surface area contributed by atoms with Gasteiger partial charge in [-0.1, -0.05) is 0 Å². The summed E-state index contributed by atoms with van der Waals surface area (Å²) in [6.07, 6.45) is 1.62. The smallest absolute Gasteiger partial charge is 0.272 e. The Hall–Kier alpha value is -2.92. The molecule has 1 N–H and O–H groups in total. The Labute approximate surface area is 169 Å². The van der Waals surface area contributed by atoms with Gasteiger partial charge in [-0.2, -0.15) is 0 Å². The summed E-state index contributed by atoms with van der Waals surface area (Å²) < 4.78 is 69.5. The van der Waals surface area contributed by atoms with Crippen LogP contribution in [0.1, 0.15) is 18.9 Å². The van der Waals surface area contributed by atoms with E-state index in [9.17, 15) is 26.4 Å². The van der Waals surface area contributed by atoms with Crippen molar-refractivity contribution in [2.45, 2.75) is 30.3 Å². The van der Waals surface area contributed by atoms with Crippen molar-refractivity contribution in [1.82, 2.24) is 19.1 Å².